The van der Waals surface area contributed by atoms with E-state index in [0.29, 0.717) is 18.0 Å². The van der Waals surface area contributed by atoms with Crippen LogP contribution in [0, 0.1) is 11.6 Å². The molecule has 28 heavy (non-hydrogen) atoms. The Morgan fingerprint density at radius 1 is 1.14 bits per heavy atom. The van der Waals surface area contributed by atoms with Crippen LogP contribution in [-0.2, 0) is 6.54 Å². The molecule has 2 aliphatic rings. The topological polar surface area (TPSA) is 61.2 Å². The number of nitrogens with one attached hydrogen (secondary N) is 1. The highest BCUT2D eigenvalue weighted by molar-refractivity contribution is 5.85. The zero-order chi connectivity index (χ0) is 18.4. The zero-order valence-corrected chi connectivity index (χ0v) is 15.5. The van der Waals surface area contributed by atoms with Crippen LogP contribution in [-0.4, -0.2) is 27.8 Å². The van der Waals surface area contributed by atoms with Gasteiger partial charge in [0, 0.05) is 18.5 Å². The molecule has 146 valence electrons. The lowest BCUT2D eigenvalue weighted by Crippen LogP contribution is -2.17. The van der Waals surface area contributed by atoms with Gasteiger partial charge in [-0.25, -0.2) is 13.5 Å². The van der Waals surface area contributed by atoms with Crippen molar-refractivity contribution in [3.8, 4) is 17.2 Å². The Morgan fingerprint density at radius 2 is 2.04 bits per heavy atom. The average molecular weight is 407 g/mol. The van der Waals surface area contributed by atoms with Crippen LogP contribution in [0.3, 0.4) is 0 Å². The first-order chi connectivity index (χ1) is 13.2. The molecule has 0 amide bonds. The average Bonchev–Trinajstić information content (AvgIpc) is 3.06. The van der Waals surface area contributed by atoms with E-state index in [0.717, 1.165) is 23.4 Å². The molecule has 1 aliphatic heterocycles. The summed E-state index contributed by atoms with van der Waals surface area (Å²) in [6.45, 7) is 0.736. The van der Waals surface area contributed by atoms with E-state index in [1.807, 2.05) is 24.4 Å². The first-order valence-electron chi connectivity index (χ1n) is 8.67. The number of benzene rings is 2. The fraction of sp³-hybridized carbons (Fsp3) is 0.263. The summed E-state index contributed by atoms with van der Waals surface area (Å²) in [5, 5.41) is 11.7. The Morgan fingerprint density at radius 3 is 2.89 bits per heavy atom. The highest BCUT2D eigenvalue weighted by Crippen LogP contribution is 2.41. The zero-order valence-electron chi connectivity index (χ0n) is 14.6. The fourth-order valence-corrected chi connectivity index (χ4v) is 3.36. The van der Waals surface area contributed by atoms with E-state index in [-0.39, 0.29) is 31.2 Å². The second kappa shape index (κ2) is 7.37. The molecule has 0 spiro atoms. The van der Waals surface area contributed by atoms with Gasteiger partial charge >= 0.3 is 0 Å². The van der Waals surface area contributed by atoms with E-state index in [4.69, 9.17) is 9.47 Å². The molecule has 2 aromatic carbocycles. The molecule has 0 bridgehead atoms. The maximum Gasteiger partial charge on any atom is 0.231 e. The lowest BCUT2D eigenvalue weighted by Gasteiger charge is -2.04. The third-order valence-corrected chi connectivity index (χ3v) is 4.87. The van der Waals surface area contributed by atoms with Gasteiger partial charge in [-0.15, -0.1) is 17.5 Å². The SMILES string of the molecule is Cl.Fc1ccc([C@@H]2C[C@H]2NCc2cn(-c3cccc4c3OCO4)nn2)cc1F. The lowest BCUT2D eigenvalue weighted by molar-refractivity contribution is 0.173. The van der Waals surface area contributed by atoms with Crippen molar-refractivity contribution in [2.45, 2.75) is 24.9 Å². The van der Waals surface area contributed by atoms with Gasteiger partial charge in [-0.3, -0.25) is 0 Å². The molecule has 5 rings (SSSR count). The van der Waals surface area contributed by atoms with E-state index < -0.39 is 11.6 Å². The van der Waals surface area contributed by atoms with Gasteiger partial charge in [-0.05, 0) is 36.2 Å². The number of rotatable bonds is 5. The van der Waals surface area contributed by atoms with E-state index in [1.54, 1.807) is 10.7 Å². The quantitative estimate of drug-likeness (QED) is 0.704. The molecule has 9 heteroatoms. The van der Waals surface area contributed by atoms with Crippen molar-refractivity contribution in [1.29, 1.82) is 0 Å². The van der Waals surface area contributed by atoms with Crippen LogP contribution >= 0.6 is 12.4 Å². The number of halogens is 3. The molecule has 3 aromatic rings. The summed E-state index contributed by atoms with van der Waals surface area (Å²) in [6, 6.07) is 9.91. The summed E-state index contributed by atoms with van der Waals surface area (Å²) in [4.78, 5) is 0. The van der Waals surface area contributed by atoms with E-state index in [9.17, 15) is 8.78 Å². The van der Waals surface area contributed by atoms with Gasteiger partial charge in [0.25, 0.3) is 0 Å². The minimum absolute atomic E-state index is 0. The predicted octanol–water partition coefficient (Wildman–Crippen LogP) is 3.34. The molecule has 0 unspecified atom stereocenters. The largest absolute Gasteiger partial charge is 0.454 e. The molecule has 2 heterocycles. The number of fused-ring (bicyclic) bond motifs is 1. The molecule has 6 nitrogen and oxygen atoms in total. The Balaban J connectivity index is 0.00000192. The Kier molecular flexibility index (Phi) is 4.91. The van der Waals surface area contributed by atoms with Crippen LogP contribution in [0.25, 0.3) is 5.69 Å². The van der Waals surface area contributed by atoms with Gasteiger partial charge < -0.3 is 14.8 Å². The number of hydrogen-bond acceptors (Lipinski definition) is 5. The molecule has 0 saturated heterocycles. The van der Waals surface area contributed by atoms with Crippen LogP contribution in [0.15, 0.2) is 42.6 Å². The van der Waals surface area contributed by atoms with Crippen LogP contribution in [0.4, 0.5) is 8.78 Å². The fourth-order valence-electron chi connectivity index (χ4n) is 3.36. The monoisotopic (exact) mass is 406 g/mol. The lowest BCUT2D eigenvalue weighted by atomic mass is 10.1. The number of ether oxygens (including phenoxy) is 2. The van der Waals surface area contributed by atoms with Gasteiger partial charge in [0.1, 0.15) is 5.69 Å². The van der Waals surface area contributed by atoms with Crippen molar-refractivity contribution in [2.75, 3.05) is 6.79 Å². The van der Waals surface area contributed by atoms with Crippen LogP contribution in [0.2, 0.25) is 0 Å². The summed E-state index contributed by atoms with van der Waals surface area (Å²) >= 11 is 0. The Labute approximate surface area is 165 Å². The Hall–Kier alpha value is -2.71. The smallest absolute Gasteiger partial charge is 0.231 e. The molecule has 0 radical (unpaired) electrons. The van der Waals surface area contributed by atoms with Crippen molar-refractivity contribution < 1.29 is 18.3 Å². The number of nitrogens with zero attached hydrogens (tertiary/aromatic N) is 3. The molecule has 1 saturated carbocycles. The number of aromatic nitrogens is 3. The molecular weight excluding hydrogens is 390 g/mol. The van der Waals surface area contributed by atoms with Crippen molar-refractivity contribution in [2.24, 2.45) is 0 Å². The second-order valence-electron chi connectivity index (χ2n) is 6.67. The molecule has 1 aromatic heterocycles. The highest BCUT2D eigenvalue weighted by Gasteiger charge is 2.38. The van der Waals surface area contributed by atoms with Crippen molar-refractivity contribution in [3.05, 3.63) is 65.5 Å². The highest BCUT2D eigenvalue weighted by atomic mass is 35.5. The summed E-state index contributed by atoms with van der Waals surface area (Å²) in [5.74, 6) is -0.0828. The molecule has 2 atom stereocenters. The van der Waals surface area contributed by atoms with Crippen LogP contribution in [0.1, 0.15) is 23.6 Å². The van der Waals surface area contributed by atoms with Crippen molar-refractivity contribution in [3.63, 3.8) is 0 Å². The minimum Gasteiger partial charge on any atom is -0.454 e. The van der Waals surface area contributed by atoms with E-state index >= 15 is 0 Å². The first-order valence-corrected chi connectivity index (χ1v) is 8.67. The minimum atomic E-state index is -0.817. The third kappa shape index (κ3) is 3.41. The Bertz CT molecular complexity index is 1010. The summed E-state index contributed by atoms with van der Waals surface area (Å²) < 4.78 is 39.0. The molecular formula is C19H17ClF2N4O2. The van der Waals surface area contributed by atoms with Gasteiger partial charge in [0.05, 0.1) is 11.9 Å². The first kappa shape index (κ1) is 18.6. The third-order valence-electron chi connectivity index (χ3n) is 4.87. The molecule has 1 fully saturated rings. The van der Waals surface area contributed by atoms with E-state index in [2.05, 4.69) is 15.6 Å². The van der Waals surface area contributed by atoms with Crippen molar-refractivity contribution in [1.82, 2.24) is 20.3 Å². The molecule has 1 aliphatic carbocycles. The summed E-state index contributed by atoms with van der Waals surface area (Å²) in [6.07, 6.45) is 2.72. The van der Waals surface area contributed by atoms with Crippen molar-refractivity contribution >= 4 is 12.4 Å². The maximum absolute atomic E-state index is 13.4. The van der Waals surface area contributed by atoms with Crippen LogP contribution in [0.5, 0.6) is 11.5 Å². The van der Waals surface area contributed by atoms with Gasteiger partial charge in [0.2, 0.25) is 6.79 Å². The van der Waals surface area contributed by atoms with Gasteiger partial charge in [-0.2, -0.15) is 0 Å². The normalized spacial score (nSPS) is 19.4. The standard InChI is InChI=1S/C19H16F2N4O2.ClH/c20-14-5-4-11(6-15(14)21)13-7-16(13)22-8-12-9-25(24-23-12)17-2-1-3-18-19(17)27-10-26-18;/h1-6,9,13,16,22H,7-8,10H2;1H/t13-,16+;/m0./s1. The van der Waals surface area contributed by atoms with Gasteiger partial charge in [0.15, 0.2) is 23.1 Å². The maximum atomic E-state index is 13.4. The molecule has 1 N–H and O–H groups in total. The second-order valence-corrected chi connectivity index (χ2v) is 6.67. The van der Waals surface area contributed by atoms with E-state index in [1.165, 1.54) is 12.1 Å². The summed E-state index contributed by atoms with van der Waals surface area (Å²) in [5.41, 5.74) is 2.37. The number of para-hydroxylation sites is 1. The number of hydrogen-bond donors (Lipinski definition) is 1. The predicted molar refractivity (Wildman–Crippen MR) is 99.1 cm³/mol. The van der Waals surface area contributed by atoms with Gasteiger partial charge in [-0.1, -0.05) is 17.3 Å². The van der Waals surface area contributed by atoms with Crippen LogP contribution < -0.4 is 14.8 Å². The summed E-state index contributed by atoms with van der Waals surface area (Å²) in [7, 11) is 0.